The van der Waals surface area contributed by atoms with E-state index in [1.807, 2.05) is 32.2 Å². The monoisotopic (exact) mass is 377 g/mol. The van der Waals surface area contributed by atoms with Gasteiger partial charge in [-0.05, 0) is 24.3 Å². The Bertz CT molecular complexity index is 957. The Kier molecular flexibility index (Phi) is 5.24. The van der Waals surface area contributed by atoms with E-state index in [1.165, 1.54) is 23.1 Å². The van der Waals surface area contributed by atoms with Crippen molar-refractivity contribution in [2.45, 2.75) is 32.5 Å². The van der Waals surface area contributed by atoms with Gasteiger partial charge in [-0.2, -0.15) is 5.10 Å². The summed E-state index contributed by atoms with van der Waals surface area (Å²) in [6.07, 6.45) is 0. The fourth-order valence-electron chi connectivity index (χ4n) is 2.35. The highest BCUT2D eigenvalue weighted by molar-refractivity contribution is 7.99. The van der Waals surface area contributed by atoms with E-state index in [0.29, 0.717) is 33.7 Å². The van der Waals surface area contributed by atoms with Crippen molar-refractivity contribution in [3.05, 3.63) is 33.6 Å². The van der Waals surface area contributed by atoms with Crippen LogP contribution >= 0.6 is 23.1 Å². The lowest BCUT2D eigenvalue weighted by Crippen LogP contribution is -2.25. The summed E-state index contributed by atoms with van der Waals surface area (Å²) in [5, 5.41) is 11.9. The first kappa shape index (κ1) is 17.7. The minimum atomic E-state index is -0.188. The molecule has 0 fully saturated rings. The molecule has 0 saturated heterocycles. The van der Waals surface area contributed by atoms with Crippen molar-refractivity contribution >= 4 is 45.0 Å². The van der Waals surface area contributed by atoms with Gasteiger partial charge < -0.3 is 5.32 Å². The number of aromatic amines is 1. The van der Waals surface area contributed by atoms with E-state index >= 15 is 0 Å². The maximum atomic E-state index is 12.7. The number of amides is 1. The number of anilines is 1. The van der Waals surface area contributed by atoms with E-state index in [2.05, 4.69) is 20.5 Å². The van der Waals surface area contributed by atoms with Crippen LogP contribution < -0.4 is 10.9 Å². The highest BCUT2D eigenvalue weighted by atomic mass is 32.2. The molecule has 9 heteroatoms. The third-order valence-electron chi connectivity index (χ3n) is 3.38. The van der Waals surface area contributed by atoms with Crippen molar-refractivity contribution in [3.8, 4) is 0 Å². The van der Waals surface area contributed by atoms with Gasteiger partial charge in [0.15, 0.2) is 11.0 Å². The molecule has 2 N–H and O–H groups in total. The molecule has 1 amide bonds. The number of hydrogen-bond donors (Lipinski definition) is 2. The molecule has 0 unspecified atom stereocenters. The molecule has 3 heterocycles. The smallest absolute Gasteiger partial charge is 0.272 e. The Morgan fingerprint density at radius 1 is 1.48 bits per heavy atom. The van der Waals surface area contributed by atoms with Gasteiger partial charge in [-0.3, -0.25) is 19.3 Å². The zero-order valence-electron chi connectivity index (χ0n) is 14.2. The Balaban J connectivity index is 1.79. The highest BCUT2D eigenvalue weighted by Crippen LogP contribution is 2.22. The average Bonchev–Trinajstić information content (AvgIpc) is 3.17. The number of hydrogen-bond acceptors (Lipinski definition) is 6. The summed E-state index contributed by atoms with van der Waals surface area (Å²) in [5.74, 6) is 0.764. The molecule has 25 heavy (non-hydrogen) atoms. The number of carbonyl (C=O) groups is 1. The van der Waals surface area contributed by atoms with Crippen LogP contribution in [0, 0.1) is 12.8 Å². The molecule has 3 aromatic rings. The van der Waals surface area contributed by atoms with Gasteiger partial charge >= 0.3 is 0 Å². The largest absolute Gasteiger partial charge is 0.308 e. The van der Waals surface area contributed by atoms with Gasteiger partial charge in [0.2, 0.25) is 5.91 Å². The summed E-state index contributed by atoms with van der Waals surface area (Å²) in [4.78, 5) is 29.4. The number of fused-ring (bicyclic) bond motifs is 1. The molecular formula is C16H19N5O2S2. The zero-order chi connectivity index (χ0) is 18.0. The number of aromatic nitrogens is 4. The summed E-state index contributed by atoms with van der Waals surface area (Å²) in [6.45, 7) is 6.53. The fourth-order valence-corrected chi connectivity index (χ4v) is 3.94. The van der Waals surface area contributed by atoms with Crippen molar-refractivity contribution in [1.82, 2.24) is 19.7 Å². The van der Waals surface area contributed by atoms with Crippen molar-refractivity contribution < 1.29 is 4.79 Å². The lowest BCUT2D eigenvalue weighted by Gasteiger charge is -2.13. The quantitative estimate of drug-likeness (QED) is 0.509. The zero-order valence-corrected chi connectivity index (χ0v) is 15.8. The molecule has 132 valence electrons. The second kappa shape index (κ2) is 7.40. The van der Waals surface area contributed by atoms with Gasteiger partial charge in [0.25, 0.3) is 5.56 Å². The topological polar surface area (TPSA) is 92.7 Å². The van der Waals surface area contributed by atoms with Gasteiger partial charge in [0.05, 0.1) is 11.3 Å². The van der Waals surface area contributed by atoms with Crippen LogP contribution in [-0.2, 0) is 11.3 Å². The first-order valence-electron chi connectivity index (χ1n) is 7.86. The van der Waals surface area contributed by atoms with Crippen molar-refractivity contribution in [2.75, 3.05) is 11.1 Å². The molecule has 3 rings (SSSR count). The molecule has 0 radical (unpaired) electrons. The Hall–Kier alpha value is -2.13. The number of thiophene rings is 1. The van der Waals surface area contributed by atoms with Crippen molar-refractivity contribution in [2.24, 2.45) is 5.92 Å². The van der Waals surface area contributed by atoms with Crippen molar-refractivity contribution in [1.29, 1.82) is 0 Å². The summed E-state index contributed by atoms with van der Waals surface area (Å²) in [6, 6.07) is 3.59. The molecule has 0 spiro atoms. The van der Waals surface area contributed by atoms with Crippen LogP contribution in [0.15, 0.2) is 27.5 Å². The molecular weight excluding hydrogens is 358 g/mol. The van der Waals surface area contributed by atoms with E-state index in [-0.39, 0.29) is 17.2 Å². The highest BCUT2D eigenvalue weighted by Gasteiger charge is 2.15. The van der Waals surface area contributed by atoms with Crippen LogP contribution in [0.1, 0.15) is 19.5 Å². The normalized spacial score (nSPS) is 11.4. The van der Waals surface area contributed by atoms with Gasteiger partial charge in [-0.25, -0.2) is 4.98 Å². The van der Waals surface area contributed by atoms with E-state index in [0.717, 1.165) is 5.69 Å². The lowest BCUT2D eigenvalue weighted by molar-refractivity contribution is -0.113. The molecule has 0 atom stereocenters. The maximum Gasteiger partial charge on any atom is 0.272 e. The molecule has 0 aliphatic heterocycles. The van der Waals surface area contributed by atoms with Gasteiger partial charge in [0, 0.05) is 18.3 Å². The lowest BCUT2D eigenvalue weighted by atomic mass is 10.2. The van der Waals surface area contributed by atoms with Crippen LogP contribution in [0.3, 0.4) is 0 Å². The standard InChI is InChI=1S/C16H19N5O2S2/c1-9(2)7-21-15(23)14-11(4-5-24-14)17-16(21)25-8-13(22)18-12-6-10(3)19-20-12/h4-6,9H,7-8H2,1-3H3,(H2,18,19,20,22). The summed E-state index contributed by atoms with van der Waals surface area (Å²) >= 11 is 2.66. The third kappa shape index (κ3) is 4.10. The first-order chi connectivity index (χ1) is 11.9. The molecule has 0 aliphatic carbocycles. The summed E-state index contributed by atoms with van der Waals surface area (Å²) in [7, 11) is 0. The van der Waals surface area contributed by atoms with Gasteiger partial charge in [-0.15, -0.1) is 11.3 Å². The van der Waals surface area contributed by atoms with Crippen LogP contribution in [0.25, 0.3) is 10.2 Å². The molecule has 0 saturated carbocycles. The number of H-pyrrole nitrogens is 1. The summed E-state index contributed by atoms with van der Waals surface area (Å²) < 4.78 is 2.32. The number of carbonyl (C=O) groups excluding carboxylic acids is 1. The van der Waals surface area contributed by atoms with Gasteiger partial charge in [-0.1, -0.05) is 25.6 Å². The van der Waals surface area contributed by atoms with Crippen LogP contribution in [-0.4, -0.2) is 31.4 Å². The fraction of sp³-hybridized carbons (Fsp3) is 0.375. The second-order valence-corrected chi connectivity index (χ2v) is 7.97. The van der Waals surface area contributed by atoms with E-state index < -0.39 is 0 Å². The average molecular weight is 377 g/mol. The SMILES string of the molecule is Cc1cc(NC(=O)CSc2nc3ccsc3c(=O)n2CC(C)C)n[nH]1. The predicted molar refractivity (Wildman–Crippen MR) is 101 cm³/mol. The van der Waals surface area contributed by atoms with Crippen LogP contribution in [0.2, 0.25) is 0 Å². The van der Waals surface area contributed by atoms with Crippen molar-refractivity contribution in [3.63, 3.8) is 0 Å². The number of nitrogens with one attached hydrogen (secondary N) is 2. The first-order valence-corrected chi connectivity index (χ1v) is 9.73. The molecule has 0 bridgehead atoms. The molecule has 0 aromatic carbocycles. The minimum absolute atomic E-state index is 0.0421. The van der Waals surface area contributed by atoms with Crippen LogP contribution in [0.5, 0.6) is 0 Å². The number of aryl methyl sites for hydroxylation is 1. The maximum absolute atomic E-state index is 12.7. The molecule has 0 aliphatic rings. The Labute approximate surface area is 152 Å². The predicted octanol–water partition coefficient (Wildman–Crippen LogP) is 2.88. The second-order valence-electron chi connectivity index (χ2n) is 6.11. The number of thioether (sulfide) groups is 1. The number of rotatable bonds is 6. The number of nitrogens with zero attached hydrogens (tertiary/aromatic N) is 3. The minimum Gasteiger partial charge on any atom is -0.308 e. The van der Waals surface area contributed by atoms with E-state index in [9.17, 15) is 9.59 Å². The van der Waals surface area contributed by atoms with E-state index in [4.69, 9.17) is 0 Å². The third-order valence-corrected chi connectivity index (χ3v) is 5.25. The van der Waals surface area contributed by atoms with Crippen LogP contribution in [0.4, 0.5) is 5.82 Å². The summed E-state index contributed by atoms with van der Waals surface area (Å²) in [5.41, 5.74) is 1.51. The Morgan fingerprint density at radius 2 is 2.28 bits per heavy atom. The van der Waals surface area contributed by atoms with E-state index in [1.54, 1.807) is 10.6 Å². The molecule has 3 aromatic heterocycles. The van der Waals surface area contributed by atoms with Gasteiger partial charge in [0.1, 0.15) is 4.70 Å². The molecule has 7 nitrogen and oxygen atoms in total. The Morgan fingerprint density at radius 3 is 2.96 bits per heavy atom.